The summed E-state index contributed by atoms with van der Waals surface area (Å²) >= 11 is 0. The molecule has 3 aromatic rings. The van der Waals surface area contributed by atoms with Crippen LogP contribution in [0.15, 0.2) is 54.7 Å². The summed E-state index contributed by atoms with van der Waals surface area (Å²) in [5.74, 6) is 0.149. The van der Waals surface area contributed by atoms with Crippen LogP contribution in [0.5, 0.6) is 0 Å². The monoisotopic (exact) mass is 296 g/mol. The molecule has 0 spiro atoms. The summed E-state index contributed by atoms with van der Waals surface area (Å²) in [4.78, 5) is 12.2. The Labute approximate surface area is 127 Å². The number of carbonyl (C=O) groups excluding carboxylic acids is 1. The Hall–Kier alpha value is -2.73. The lowest BCUT2D eigenvalue weighted by Gasteiger charge is -2.16. The second kappa shape index (κ2) is 5.95. The molecule has 6 nitrogen and oxygen atoms in total. The normalized spacial score (nSPS) is 13.7. The summed E-state index contributed by atoms with van der Waals surface area (Å²) in [6, 6.07) is 14.0. The molecule has 112 valence electrons. The van der Waals surface area contributed by atoms with Gasteiger partial charge >= 0.3 is 0 Å². The van der Waals surface area contributed by atoms with E-state index in [4.69, 9.17) is 0 Å². The molecule has 2 aromatic heterocycles. The third kappa shape index (κ3) is 2.68. The number of pyridine rings is 1. The van der Waals surface area contributed by atoms with Crippen molar-refractivity contribution in [3.63, 3.8) is 0 Å². The highest BCUT2D eigenvalue weighted by atomic mass is 16.3. The van der Waals surface area contributed by atoms with Crippen LogP contribution in [0.25, 0.3) is 5.65 Å². The fraction of sp³-hybridized carbons (Fsp3) is 0.188. The summed E-state index contributed by atoms with van der Waals surface area (Å²) in [6.07, 6.45) is 0.629. The lowest BCUT2D eigenvalue weighted by Crippen LogP contribution is -2.32. The van der Waals surface area contributed by atoms with Gasteiger partial charge in [0.1, 0.15) is 0 Å². The van der Waals surface area contributed by atoms with Crippen LogP contribution < -0.4 is 5.32 Å². The first kappa shape index (κ1) is 14.2. The van der Waals surface area contributed by atoms with E-state index in [9.17, 15) is 9.90 Å². The lowest BCUT2D eigenvalue weighted by atomic mass is 10.1. The highest BCUT2D eigenvalue weighted by molar-refractivity contribution is 5.82. The molecule has 1 aromatic carbocycles. The topological polar surface area (TPSA) is 79.5 Å². The van der Waals surface area contributed by atoms with Crippen LogP contribution >= 0.6 is 0 Å². The van der Waals surface area contributed by atoms with E-state index in [0.29, 0.717) is 17.0 Å². The highest BCUT2D eigenvalue weighted by Crippen LogP contribution is 2.16. The Morgan fingerprint density at radius 3 is 2.64 bits per heavy atom. The first-order valence-electron chi connectivity index (χ1n) is 7.00. The smallest absolute Gasteiger partial charge is 0.254 e. The lowest BCUT2D eigenvalue weighted by molar-refractivity contribution is -0.130. The Kier molecular flexibility index (Phi) is 3.84. The van der Waals surface area contributed by atoms with Crippen molar-refractivity contribution in [2.24, 2.45) is 0 Å². The first-order valence-corrected chi connectivity index (χ1v) is 7.00. The van der Waals surface area contributed by atoms with Gasteiger partial charge in [-0.05, 0) is 24.6 Å². The molecular weight excluding hydrogens is 280 g/mol. The quantitative estimate of drug-likeness (QED) is 0.767. The van der Waals surface area contributed by atoms with Crippen molar-refractivity contribution >= 4 is 11.6 Å². The molecular formula is C16H16N4O2. The largest absolute Gasteiger partial charge is 0.378 e. The number of rotatable bonds is 4. The molecule has 6 heteroatoms. The van der Waals surface area contributed by atoms with Gasteiger partial charge in [0.05, 0.1) is 6.04 Å². The number of benzene rings is 1. The maximum absolute atomic E-state index is 12.2. The molecule has 2 unspecified atom stereocenters. The molecule has 0 fully saturated rings. The summed E-state index contributed by atoms with van der Waals surface area (Å²) in [5.41, 5.74) is 1.26. The number of aliphatic hydroxyl groups excluding tert-OH is 1. The molecule has 3 rings (SSSR count). The zero-order valence-electron chi connectivity index (χ0n) is 12.0. The molecule has 2 heterocycles. The van der Waals surface area contributed by atoms with E-state index in [1.54, 1.807) is 35.6 Å². The zero-order valence-corrected chi connectivity index (χ0v) is 12.0. The van der Waals surface area contributed by atoms with Gasteiger partial charge in [0.15, 0.2) is 17.6 Å². The van der Waals surface area contributed by atoms with Gasteiger partial charge in [-0.2, -0.15) is 0 Å². The van der Waals surface area contributed by atoms with Crippen LogP contribution in [0.2, 0.25) is 0 Å². The van der Waals surface area contributed by atoms with E-state index in [0.717, 1.165) is 0 Å². The average molecular weight is 296 g/mol. The number of nitrogens with zero attached hydrogens (tertiary/aromatic N) is 3. The zero-order chi connectivity index (χ0) is 15.5. The van der Waals surface area contributed by atoms with Crippen LogP contribution in [0.1, 0.15) is 30.5 Å². The van der Waals surface area contributed by atoms with Crippen molar-refractivity contribution < 1.29 is 9.90 Å². The minimum atomic E-state index is -1.21. The maximum atomic E-state index is 12.2. The van der Waals surface area contributed by atoms with Gasteiger partial charge in [-0.15, -0.1) is 10.2 Å². The van der Waals surface area contributed by atoms with Gasteiger partial charge in [0.2, 0.25) is 0 Å². The Morgan fingerprint density at radius 2 is 1.86 bits per heavy atom. The summed E-state index contributed by atoms with van der Waals surface area (Å²) in [7, 11) is 0. The molecule has 0 aliphatic heterocycles. The third-order valence-corrected chi connectivity index (χ3v) is 3.45. The van der Waals surface area contributed by atoms with Crippen LogP contribution in [-0.4, -0.2) is 25.6 Å². The molecule has 22 heavy (non-hydrogen) atoms. The third-order valence-electron chi connectivity index (χ3n) is 3.45. The molecule has 0 saturated heterocycles. The first-order chi connectivity index (χ1) is 10.7. The van der Waals surface area contributed by atoms with Gasteiger partial charge in [-0.1, -0.05) is 36.4 Å². The Morgan fingerprint density at radius 1 is 1.14 bits per heavy atom. The standard InChI is InChI=1S/C16H16N4O2/c1-11(15-19-18-13-9-5-6-10-20(13)15)17-16(22)14(21)12-7-3-2-4-8-12/h2-11,14,21H,1H3,(H,17,22). The number of amides is 1. The molecule has 2 atom stereocenters. The van der Waals surface area contributed by atoms with Crippen molar-refractivity contribution in [1.82, 2.24) is 19.9 Å². The molecule has 0 saturated carbocycles. The van der Waals surface area contributed by atoms with Crippen LogP contribution in [-0.2, 0) is 4.79 Å². The van der Waals surface area contributed by atoms with Crippen molar-refractivity contribution in [2.45, 2.75) is 19.1 Å². The molecule has 0 aliphatic carbocycles. The number of hydrogen-bond donors (Lipinski definition) is 2. The van der Waals surface area contributed by atoms with E-state index in [1.807, 2.05) is 30.5 Å². The van der Waals surface area contributed by atoms with Gasteiger partial charge in [0.25, 0.3) is 5.91 Å². The summed E-state index contributed by atoms with van der Waals surface area (Å²) in [6.45, 7) is 1.80. The molecule has 0 radical (unpaired) electrons. The van der Waals surface area contributed by atoms with Crippen molar-refractivity contribution in [3.8, 4) is 0 Å². The number of hydrogen-bond acceptors (Lipinski definition) is 4. The second-order valence-corrected chi connectivity index (χ2v) is 5.03. The van der Waals surface area contributed by atoms with Crippen molar-refractivity contribution in [1.29, 1.82) is 0 Å². The van der Waals surface area contributed by atoms with Crippen molar-refractivity contribution in [2.75, 3.05) is 0 Å². The number of carbonyl (C=O) groups is 1. The minimum absolute atomic E-state index is 0.372. The van der Waals surface area contributed by atoms with Crippen molar-refractivity contribution in [3.05, 3.63) is 66.1 Å². The van der Waals surface area contributed by atoms with Crippen LogP contribution in [0.3, 0.4) is 0 Å². The van der Waals surface area contributed by atoms with Gasteiger partial charge in [0, 0.05) is 6.20 Å². The second-order valence-electron chi connectivity index (χ2n) is 5.03. The molecule has 0 aliphatic rings. The highest BCUT2D eigenvalue weighted by Gasteiger charge is 2.21. The average Bonchev–Trinajstić information content (AvgIpc) is 2.99. The number of nitrogens with one attached hydrogen (secondary N) is 1. The van der Waals surface area contributed by atoms with Gasteiger partial charge in [-0.3, -0.25) is 9.20 Å². The SMILES string of the molecule is CC(NC(=O)C(O)c1ccccc1)c1nnc2ccccn12. The van der Waals surface area contributed by atoms with E-state index in [-0.39, 0.29) is 6.04 Å². The van der Waals surface area contributed by atoms with E-state index in [1.165, 1.54) is 0 Å². The maximum Gasteiger partial charge on any atom is 0.254 e. The number of fused-ring (bicyclic) bond motifs is 1. The molecule has 1 amide bonds. The number of aliphatic hydroxyl groups is 1. The fourth-order valence-electron chi connectivity index (χ4n) is 2.30. The summed E-state index contributed by atoms with van der Waals surface area (Å²) < 4.78 is 1.81. The van der Waals surface area contributed by atoms with Crippen LogP contribution in [0.4, 0.5) is 0 Å². The minimum Gasteiger partial charge on any atom is -0.378 e. The fourth-order valence-corrected chi connectivity index (χ4v) is 2.30. The number of aromatic nitrogens is 3. The predicted octanol–water partition coefficient (Wildman–Crippen LogP) is 1.64. The summed E-state index contributed by atoms with van der Waals surface area (Å²) in [5, 5.41) is 21.0. The molecule has 2 N–H and O–H groups in total. The van der Waals surface area contributed by atoms with E-state index in [2.05, 4.69) is 15.5 Å². The van der Waals surface area contributed by atoms with Gasteiger partial charge in [-0.25, -0.2) is 0 Å². The van der Waals surface area contributed by atoms with Crippen LogP contribution in [0, 0.1) is 0 Å². The predicted molar refractivity (Wildman–Crippen MR) is 80.9 cm³/mol. The van der Waals surface area contributed by atoms with Gasteiger partial charge < -0.3 is 10.4 Å². The Balaban J connectivity index is 1.76. The van der Waals surface area contributed by atoms with E-state index >= 15 is 0 Å². The molecule has 0 bridgehead atoms. The Bertz CT molecular complexity index is 785. The van der Waals surface area contributed by atoms with E-state index < -0.39 is 12.0 Å².